The Morgan fingerprint density at radius 2 is 1.90 bits per heavy atom. The van der Waals surface area contributed by atoms with Gasteiger partial charge in [-0.15, -0.1) is 0 Å². The van der Waals surface area contributed by atoms with Crippen LogP contribution in [0.15, 0.2) is 27.1 Å². The van der Waals surface area contributed by atoms with E-state index in [-0.39, 0.29) is 18.0 Å². The fourth-order valence-corrected chi connectivity index (χ4v) is 3.53. The van der Waals surface area contributed by atoms with Crippen LogP contribution in [0.3, 0.4) is 0 Å². The lowest BCUT2D eigenvalue weighted by atomic mass is 10.0. The van der Waals surface area contributed by atoms with Crippen LogP contribution in [0, 0.1) is 5.92 Å². The van der Waals surface area contributed by atoms with Crippen molar-refractivity contribution in [2.45, 2.75) is 39.3 Å². The molecule has 0 aliphatic heterocycles. The Morgan fingerprint density at radius 3 is 2.40 bits per heavy atom. The summed E-state index contributed by atoms with van der Waals surface area (Å²) < 4.78 is 2.07. The third kappa shape index (κ3) is 5.19. The number of hydrogen-bond donors (Lipinski definition) is 2. The van der Waals surface area contributed by atoms with Crippen LogP contribution in [-0.2, 0) is 4.79 Å². The number of carbonyl (C=O) groups is 1. The lowest BCUT2D eigenvalue weighted by Gasteiger charge is -2.24. The van der Waals surface area contributed by atoms with E-state index >= 15 is 0 Å². The van der Waals surface area contributed by atoms with Gasteiger partial charge in [0.2, 0.25) is 5.91 Å². The lowest BCUT2D eigenvalue weighted by Crippen LogP contribution is -2.44. The summed E-state index contributed by atoms with van der Waals surface area (Å²) in [5.41, 5.74) is 1.14. The lowest BCUT2D eigenvalue weighted by molar-refractivity contribution is -0.123. The molecular formula is C15H22Br2N2O. The largest absolute Gasteiger partial charge is 0.358 e. The number of benzene rings is 1. The summed E-state index contributed by atoms with van der Waals surface area (Å²) in [5.74, 6) is 0.504. The van der Waals surface area contributed by atoms with Crippen molar-refractivity contribution in [1.82, 2.24) is 10.6 Å². The maximum Gasteiger partial charge on any atom is 0.236 e. The monoisotopic (exact) mass is 404 g/mol. The first-order valence-corrected chi connectivity index (χ1v) is 8.36. The molecule has 0 aliphatic carbocycles. The van der Waals surface area contributed by atoms with Crippen LogP contribution in [0.2, 0.25) is 0 Å². The Hall–Kier alpha value is -0.390. The minimum Gasteiger partial charge on any atom is -0.358 e. The van der Waals surface area contributed by atoms with Gasteiger partial charge in [-0.2, -0.15) is 0 Å². The highest BCUT2D eigenvalue weighted by Gasteiger charge is 2.21. The Balaban J connectivity index is 2.84. The molecule has 1 aromatic rings. The number of hydrogen-bond acceptors (Lipinski definition) is 2. The van der Waals surface area contributed by atoms with Gasteiger partial charge in [-0.25, -0.2) is 0 Å². The summed E-state index contributed by atoms with van der Waals surface area (Å²) >= 11 is 7.02. The SMILES string of the molecule is CNC(=O)C(CC(C)C)NC(C)c1ccc(Br)cc1Br. The van der Waals surface area contributed by atoms with Crippen molar-refractivity contribution >= 4 is 37.8 Å². The van der Waals surface area contributed by atoms with Gasteiger partial charge in [-0.1, -0.05) is 51.8 Å². The van der Waals surface area contributed by atoms with Crippen molar-refractivity contribution in [3.63, 3.8) is 0 Å². The second kappa shape index (κ2) is 8.15. The highest BCUT2D eigenvalue weighted by atomic mass is 79.9. The topological polar surface area (TPSA) is 41.1 Å². The van der Waals surface area contributed by atoms with Gasteiger partial charge in [0.1, 0.15) is 0 Å². The Labute approximate surface area is 138 Å². The molecule has 0 spiro atoms. The van der Waals surface area contributed by atoms with Crippen LogP contribution in [0.25, 0.3) is 0 Å². The number of likely N-dealkylation sites (N-methyl/N-ethyl adjacent to an activating group) is 1. The van der Waals surface area contributed by atoms with Crippen molar-refractivity contribution in [2.24, 2.45) is 5.92 Å². The minimum absolute atomic E-state index is 0.0405. The first kappa shape index (κ1) is 17.7. The van der Waals surface area contributed by atoms with Gasteiger partial charge in [0.15, 0.2) is 0 Å². The summed E-state index contributed by atoms with van der Waals surface area (Å²) in [4.78, 5) is 12.0. The summed E-state index contributed by atoms with van der Waals surface area (Å²) in [6, 6.07) is 6.01. The fourth-order valence-electron chi connectivity index (χ4n) is 2.14. The Bertz CT molecular complexity index is 463. The van der Waals surface area contributed by atoms with Gasteiger partial charge >= 0.3 is 0 Å². The zero-order chi connectivity index (χ0) is 15.3. The quantitative estimate of drug-likeness (QED) is 0.750. The summed E-state index contributed by atoms with van der Waals surface area (Å²) in [7, 11) is 1.68. The normalized spacial score (nSPS) is 14.2. The molecule has 0 saturated heterocycles. The van der Waals surface area contributed by atoms with Crippen molar-refractivity contribution < 1.29 is 4.79 Å². The van der Waals surface area contributed by atoms with E-state index in [4.69, 9.17) is 0 Å². The number of nitrogens with one attached hydrogen (secondary N) is 2. The van der Waals surface area contributed by atoms with E-state index in [0.717, 1.165) is 20.9 Å². The van der Waals surface area contributed by atoms with E-state index in [2.05, 4.69) is 69.3 Å². The van der Waals surface area contributed by atoms with Crippen molar-refractivity contribution in [2.75, 3.05) is 7.05 Å². The van der Waals surface area contributed by atoms with E-state index < -0.39 is 0 Å². The van der Waals surface area contributed by atoms with E-state index in [0.29, 0.717) is 5.92 Å². The van der Waals surface area contributed by atoms with E-state index in [1.165, 1.54) is 0 Å². The minimum atomic E-state index is -0.175. The molecule has 20 heavy (non-hydrogen) atoms. The van der Waals surface area contributed by atoms with Gasteiger partial charge in [-0.05, 0) is 37.0 Å². The number of carbonyl (C=O) groups excluding carboxylic acids is 1. The van der Waals surface area contributed by atoms with E-state index in [1.807, 2.05) is 12.1 Å². The van der Waals surface area contributed by atoms with E-state index in [9.17, 15) is 4.79 Å². The molecule has 112 valence electrons. The van der Waals surface area contributed by atoms with Crippen LogP contribution in [-0.4, -0.2) is 19.0 Å². The molecular weight excluding hydrogens is 384 g/mol. The number of halogens is 2. The van der Waals surface area contributed by atoms with Gasteiger partial charge in [0.25, 0.3) is 0 Å². The van der Waals surface area contributed by atoms with Gasteiger partial charge < -0.3 is 5.32 Å². The zero-order valence-corrected chi connectivity index (χ0v) is 15.5. The molecule has 0 fully saturated rings. The molecule has 0 saturated carbocycles. The Kier molecular flexibility index (Phi) is 7.20. The van der Waals surface area contributed by atoms with E-state index in [1.54, 1.807) is 7.05 Å². The maximum atomic E-state index is 12.0. The van der Waals surface area contributed by atoms with Crippen LogP contribution in [0.4, 0.5) is 0 Å². The third-order valence-electron chi connectivity index (χ3n) is 3.15. The van der Waals surface area contributed by atoms with Crippen LogP contribution in [0.1, 0.15) is 38.8 Å². The summed E-state index contributed by atoms with van der Waals surface area (Å²) in [5, 5.41) is 6.15. The predicted molar refractivity (Wildman–Crippen MR) is 90.7 cm³/mol. The molecule has 1 aromatic carbocycles. The predicted octanol–water partition coefficient (Wildman–Crippen LogP) is 4.02. The molecule has 5 heteroatoms. The Morgan fingerprint density at radius 1 is 1.25 bits per heavy atom. The molecule has 0 aromatic heterocycles. The molecule has 2 unspecified atom stereocenters. The molecule has 2 N–H and O–H groups in total. The van der Waals surface area contributed by atoms with Crippen molar-refractivity contribution in [3.8, 4) is 0 Å². The van der Waals surface area contributed by atoms with Crippen LogP contribution >= 0.6 is 31.9 Å². The highest BCUT2D eigenvalue weighted by molar-refractivity contribution is 9.11. The first-order valence-electron chi connectivity index (χ1n) is 6.77. The van der Waals surface area contributed by atoms with Gasteiger partial charge in [0.05, 0.1) is 6.04 Å². The third-order valence-corrected chi connectivity index (χ3v) is 4.33. The summed E-state index contributed by atoms with van der Waals surface area (Å²) in [6.07, 6.45) is 0.818. The molecule has 2 atom stereocenters. The smallest absolute Gasteiger partial charge is 0.236 e. The van der Waals surface area contributed by atoms with Crippen molar-refractivity contribution in [3.05, 3.63) is 32.7 Å². The average molecular weight is 406 g/mol. The first-order chi connectivity index (χ1) is 9.35. The zero-order valence-electron chi connectivity index (χ0n) is 12.3. The maximum absolute atomic E-state index is 12.0. The highest BCUT2D eigenvalue weighted by Crippen LogP contribution is 2.27. The molecule has 3 nitrogen and oxygen atoms in total. The summed E-state index contributed by atoms with van der Waals surface area (Å²) in [6.45, 7) is 6.32. The van der Waals surface area contributed by atoms with Gasteiger partial charge in [-0.3, -0.25) is 10.1 Å². The molecule has 0 radical (unpaired) electrons. The standard InChI is InChI=1S/C15H22Br2N2O/c1-9(2)7-14(15(20)18-4)19-10(3)12-6-5-11(16)8-13(12)17/h5-6,8-10,14,19H,7H2,1-4H3,(H,18,20). The number of amides is 1. The molecule has 0 aliphatic rings. The second-order valence-electron chi connectivity index (χ2n) is 5.35. The van der Waals surface area contributed by atoms with Crippen molar-refractivity contribution in [1.29, 1.82) is 0 Å². The average Bonchev–Trinajstić information content (AvgIpc) is 2.36. The number of rotatable bonds is 6. The molecule has 1 rings (SSSR count). The van der Waals surface area contributed by atoms with Gasteiger partial charge in [0, 0.05) is 22.0 Å². The van der Waals surface area contributed by atoms with Crippen LogP contribution in [0.5, 0.6) is 0 Å². The molecule has 0 heterocycles. The molecule has 1 amide bonds. The van der Waals surface area contributed by atoms with Crippen LogP contribution < -0.4 is 10.6 Å². The second-order valence-corrected chi connectivity index (χ2v) is 7.12. The molecule has 0 bridgehead atoms. The fraction of sp³-hybridized carbons (Fsp3) is 0.533.